The van der Waals surface area contributed by atoms with Gasteiger partial charge in [-0.25, -0.2) is 0 Å². The minimum atomic E-state index is -0.0699. The zero-order valence-electron chi connectivity index (χ0n) is 9.34. The Morgan fingerprint density at radius 2 is 2.25 bits per heavy atom. The smallest absolute Gasteiger partial charge is 0.251 e. The van der Waals surface area contributed by atoms with E-state index in [0.29, 0.717) is 17.8 Å². The van der Waals surface area contributed by atoms with Crippen LogP contribution in [0.5, 0.6) is 0 Å². The average Bonchev–Trinajstić information content (AvgIpc) is 2.23. The number of thioether (sulfide) groups is 1. The fraction of sp³-hybridized carbons (Fsp3) is 0.364. The number of nitrogens with one attached hydrogen (secondary N) is 1. The monoisotopic (exact) mass is 302 g/mol. The first kappa shape index (κ1) is 13.4. The second-order valence-corrected chi connectivity index (χ2v) is 5.32. The number of amides is 1. The molecule has 0 aliphatic carbocycles. The number of benzene rings is 1. The maximum Gasteiger partial charge on any atom is 0.251 e. The van der Waals surface area contributed by atoms with Crippen molar-refractivity contribution >= 4 is 39.3 Å². The van der Waals surface area contributed by atoms with Gasteiger partial charge in [0.05, 0.1) is 0 Å². The molecule has 0 aromatic heterocycles. The fourth-order valence-electron chi connectivity index (χ4n) is 1.30. The van der Waals surface area contributed by atoms with Gasteiger partial charge >= 0.3 is 0 Å². The van der Waals surface area contributed by atoms with Crippen molar-refractivity contribution in [1.29, 1.82) is 0 Å². The van der Waals surface area contributed by atoms with Gasteiger partial charge in [0.15, 0.2) is 0 Å². The Balaban J connectivity index is 2.82. The number of nitrogens with two attached hydrogens (primary N) is 1. The zero-order chi connectivity index (χ0) is 12.1. The number of halogens is 1. The van der Waals surface area contributed by atoms with Crippen molar-refractivity contribution in [3.8, 4) is 0 Å². The van der Waals surface area contributed by atoms with Crippen molar-refractivity contribution in [2.45, 2.75) is 6.92 Å². The molecule has 1 aromatic carbocycles. The van der Waals surface area contributed by atoms with Crippen LogP contribution in [-0.2, 0) is 0 Å². The summed E-state index contributed by atoms with van der Waals surface area (Å²) in [4.78, 5) is 11.8. The summed E-state index contributed by atoms with van der Waals surface area (Å²) in [5, 5.41) is 2.86. The highest BCUT2D eigenvalue weighted by Crippen LogP contribution is 2.22. The van der Waals surface area contributed by atoms with Crippen molar-refractivity contribution in [3.63, 3.8) is 0 Å². The van der Waals surface area contributed by atoms with Gasteiger partial charge in [-0.15, -0.1) is 0 Å². The average molecular weight is 303 g/mol. The van der Waals surface area contributed by atoms with Gasteiger partial charge in [-0.3, -0.25) is 4.79 Å². The number of carbonyl (C=O) groups is 1. The third-order valence-electron chi connectivity index (χ3n) is 2.25. The van der Waals surface area contributed by atoms with E-state index in [1.165, 1.54) is 0 Å². The summed E-state index contributed by atoms with van der Waals surface area (Å²) in [7, 11) is 0. The summed E-state index contributed by atoms with van der Waals surface area (Å²) in [5.74, 6) is 0.841. The molecule has 0 aliphatic heterocycles. The molecule has 88 valence electrons. The molecular formula is C11H15BrN2OS. The molecule has 0 unspecified atom stereocenters. The predicted molar refractivity (Wildman–Crippen MR) is 74.0 cm³/mol. The highest BCUT2D eigenvalue weighted by molar-refractivity contribution is 9.10. The second-order valence-electron chi connectivity index (χ2n) is 3.42. The van der Waals surface area contributed by atoms with Crippen LogP contribution in [0.2, 0.25) is 0 Å². The quantitative estimate of drug-likeness (QED) is 0.663. The first-order valence-electron chi connectivity index (χ1n) is 4.89. The van der Waals surface area contributed by atoms with E-state index in [9.17, 15) is 4.79 Å². The molecule has 0 saturated carbocycles. The SMILES string of the molecule is CSCCNC(=O)c1cc(Br)cc(N)c1C. The summed E-state index contributed by atoms with van der Waals surface area (Å²) in [6.07, 6.45) is 2.01. The molecule has 5 heteroatoms. The normalized spacial score (nSPS) is 10.2. The maximum absolute atomic E-state index is 11.8. The van der Waals surface area contributed by atoms with Crippen LogP contribution in [0.1, 0.15) is 15.9 Å². The van der Waals surface area contributed by atoms with Gasteiger partial charge in [-0.1, -0.05) is 15.9 Å². The van der Waals surface area contributed by atoms with Gasteiger partial charge in [0.25, 0.3) is 5.91 Å². The van der Waals surface area contributed by atoms with E-state index >= 15 is 0 Å². The van der Waals surface area contributed by atoms with Gasteiger partial charge in [0, 0.05) is 28.0 Å². The van der Waals surface area contributed by atoms with Crippen molar-refractivity contribution in [2.24, 2.45) is 0 Å². The molecule has 3 N–H and O–H groups in total. The first-order valence-corrected chi connectivity index (χ1v) is 7.07. The van der Waals surface area contributed by atoms with E-state index in [-0.39, 0.29) is 5.91 Å². The van der Waals surface area contributed by atoms with Crippen molar-refractivity contribution in [1.82, 2.24) is 5.32 Å². The van der Waals surface area contributed by atoms with Crippen LogP contribution in [0.3, 0.4) is 0 Å². The van der Waals surface area contributed by atoms with Crippen LogP contribution in [0, 0.1) is 6.92 Å². The molecule has 16 heavy (non-hydrogen) atoms. The molecule has 0 heterocycles. The summed E-state index contributed by atoms with van der Waals surface area (Å²) in [6, 6.07) is 3.59. The molecule has 0 atom stereocenters. The zero-order valence-corrected chi connectivity index (χ0v) is 11.7. The number of anilines is 1. The Morgan fingerprint density at radius 3 is 2.88 bits per heavy atom. The number of hydrogen-bond donors (Lipinski definition) is 2. The highest BCUT2D eigenvalue weighted by atomic mass is 79.9. The van der Waals surface area contributed by atoms with E-state index in [2.05, 4.69) is 21.2 Å². The lowest BCUT2D eigenvalue weighted by Gasteiger charge is -2.09. The predicted octanol–water partition coefficient (Wildman–Crippen LogP) is 2.43. The molecule has 1 aromatic rings. The molecular weight excluding hydrogens is 288 g/mol. The van der Waals surface area contributed by atoms with Gasteiger partial charge in [0.1, 0.15) is 0 Å². The number of rotatable bonds is 4. The molecule has 3 nitrogen and oxygen atoms in total. The summed E-state index contributed by atoms with van der Waals surface area (Å²) >= 11 is 5.03. The minimum absolute atomic E-state index is 0.0699. The molecule has 0 bridgehead atoms. The standard InChI is InChI=1S/C11H15BrN2OS/c1-7-9(5-8(12)6-10(7)13)11(15)14-3-4-16-2/h5-6H,3-4,13H2,1-2H3,(H,14,15). The van der Waals surface area contributed by atoms with E-state index in [1.807, 2.05) is 13.2 Å². The highest BCUT2D eigenvalue weighted by Gasteiger charge is 2.11. The summed E-state index contributed by atoms with van der Waals surface area (Å²) in [6.45, 7) is 2.52. The van der Waals surface area contributed by atoms with Crippen molar-refractivity contribution in [3.05, 3.63) is 27.7 Å². The maximum atomic E-state index is 11.8. The van der Waals surface area contributed by atoms with Crippen LogP contribution < -0.4 is 11.1 Å². The second kappa shape index (κ2) is 6.15. The van der Waals surface area contributed by atoms with Crippen LogP contribution in [0.25, 0.3) is 0 Å². The molecule has 0 fully saturated rings. The lowest BCUT2D eigenvalue weighted by Crippen LogP contribution is -2.26. The van der Waals surface area contributed by atoms with Crippen LogP contribution in [-0.4, -0.2) is 24.5 Å². The van der Waals surface area contributed by atoms with E-state index in [4.69, 9.17) is 5.73 Å². The van der Waals surface area contributed by atoms with Crippen LogP contribution >= 0.6 is 27.7 Å². The van der Waals surface area contributed by atoms with E-state index in [1.54, 1.807) is 23.9 Å². The Kier molecular flexibility index (Phi) is 5.15. The molecule has 1 amide bonds. The Morgan fingerprint density at radius 1 is 1.56 bits per heavy atom. The Bertz CT molecular complexity index is 396. The molecule has 0 aliphatic rings. The third kappa shape index (κ3) is 3.42. The third-order valence-corrected chi connectivity index (χ3v) is 3.32. The Hall–Kier alpha value is -0.680. The lowest BCUT2D eigenvalue weighted by atomic mass is 10.1. The van der Waals surface area contributed by atoms with Gasteiger partial charge in [-0.05, 0) is 30.9 Å². The molecule has 0 saturated heterocycles. The molecule has 1 rings (SSSR count). The first-order chi connectivity index (χ1) is 7.56. The number of hydrogen-bond acceptors (Lipinski definition) is 3. The van der Waals surface area contributed by atoms with Crippen molar-refractivity contribution < 1.29 is 4.79 Å². The van der Waals surface area contributed by atoms with Gasteiger partial charge in [0.2, 0.25) is 0 Å². The molecule has 0 radical (unpaired) electrons. The Labute approximate surface area is 108 Å². The summed E-state index contributed by atoms with van der Waals surface area (Å²) < 4.78 is 0.825. The van der Waals surface area contributed by atoms with E-state index < -0.39 is 0 Å². The van der Waals surface area contributed by atoms with Gasteiger partial charge < -0.3 is 11.1 Å². The molecule has 0 spiro atoms. The van der Waals surface area contributed by atoms with E-state index in [0.717, 1.165) is 15.8 Å². The number of carbonyl (C=O) groups excluding carboxylic acids is 1. The summed E-state index contributed by atoms with van der Waals surface area (Å²) in [5.41, 5.74) is 7.89. The lowest BCUT2D eigenvalue weighted by molar-refractivity contribution is 0.0955. The fourth-order valence-corrected chi connectivity index (χ4v) is 2.08. The van der Waals surface area contributed by atoms with Gasteiger partial charge in [-0.2, -0.15) is 11.8 Å². The topological polar surface area (TPSA) is 55.1 Å². The minimum Gasteiger partial charge on any atom is -0.398 e. The van der Waals surface area contributed by atoms with Crippen LogP contribution in [0.4, 0.5) is 5.69 Å². The number of nitrogen functional groups attached to an aromatic ring is 1. The van der Waals surface area contributed by atoms with Crippen LogP contribution in [0.15, 0.2) is 16.6 Å². The van der Waals surface area contributed by atoms with Crippen molar-refractivity contribution in [2.75, 3.05) is 24.3 Å². The largest absolute Gasteiger partial charge is 0.398 e.